The molecule has 0 radical (unpaired) electrons. The van der Waals surface area contributed by atoms with Gasteiger partial charge in [0.15, 0.2) is 0 Å². The van der Waals surface area contributed by atoms with E-state index >= 15 is 0 Å². The zero-order chi connectivity index (χ0) is 25.3. The minimum atomic E-state index is -0.285. The highest BCUT2D eigenvalue weighted by Gasteiger charge is 2.25. The van der Waals surface area contributed by atoms with Crippen LogP contribution in [0.3, 0.4) is 0 Å². The molecule has 36 heavy (non-hydrogen) atoms. The van der Waals surface area contributed by atoms with E-state index in [0.29, 0.717) is 17.4 Å². The van der Waals surface area contributed by atoms with E-state index in [1.54, 1.807) is 0 Å². The average Bonchev–Trinajstić information content (AvgIpc) is 3.27. The molecule has 0 bridgehead atoms. The van der Waals surface area contributed by atoms with Crippen molar-refractivity contribution in [2.24, 2.45) is 0 Å². The van der Waals surface area contributed by atoms with E-state index in [0.717, 1.165) is 48.8 Å². The van der Waals surface area contributed by atoms with Crippen molar-refractivity contribution >= 4 is 29.0 Å². The number of amides is 1. The molecule has 1 saturated heterocycles. The largest absolute Gasteiger partial charge is 0.347 e. The number of anilines is 4. The molecule has 7 nitrogen and oxygen atoms in total. The molecule has 2 aliphatic rings. The van der Waals surface area contributed by atoms with Crippen molar-refractivity contribution in [3.8, 4) is 0 Å². The maximum Gasteiger partial charge on any atom is 0.251 e. The first-order valence-electron chi connectivity index (χ1n) is 12.9. The molecule has 0 spiro atoms. The lowest BCUT2D eigenvalue weighted by Gasteiger charge is -2.29. The Morgan fingerprint density at radius 3 is 2.50 bits per heavy atom. The zero-order valence-corrected chi connectivity index (χ0v) is 21.7. The summed E-state index contributed by atoms with van der Waals surface area (Å²) in [6.07, 6.45) is 5.21. The highest BCUT2D eigenvalue weighted by atomic mass is 16.1. The molecular formula is C29H36N6O. The van der Waals surface area contributed by atoms with Crippen molar-refractivity contribution in [1.82, 2.24) is 20.2 Å². The van der Waals surface area contributed by atoms with E-state index in [9.17, 15) is 4.79 Å². The molecule has 0 atom stereocenters. The van der Waals surface area contributed by atoms with Gasteiger partial charge in [-0.15, -0.1) is 0 Å². The second kappa shape index (κ2) is 9.90. The summed E-state index contributed by atoms with van der Waals surface area (Å²) in [6, 6.07) is 16.4. The van der Waals surface area contributed by atoms with Gasteiger partial charge in [-0.3, -0.25) is 4.79 Å². The average molecular weight is 485 g/mol. The molecule has 0 aliphatic carbocycles. The van der Waals surface area contributed by atoms with E-state index < -0.39 is 0 Å². The Hall–Kier alpha value is -3.45. The molecule has 2 aromatic carbocycles. The number of nitrogens with zero attached hydrogens (tertiary/aromatic N) is 4. The Bertz CT molecular complexity index is 1230. The minimum absolute atomic E-state index is 0.0718. The van der Waals surface area contributed by atoms with Crippen LogP contribution in [0.15, 0.2) is 54.7 Å². The number of hydrogen-bond donors (Lipinski definition) is 2. The fourth-order valence-electron chi connectivity index (χ4n) is 5.00. The fraction of sp³-hybridized carbons (Fsp3) is 0.414. The molecule has 1 amide bonds. The van der Waals surface area contributed by atoms with E-state index in [2.05, 4.69) is 56.7 Å². The van der Waals surface area contributed by atoms with Crippen molar-refractivity contribution in [3.05, 3.63) is 71.4 Å². The molecule has 2 aliphatic heterocycles. The van der Waals surface area contributed by atoms with Crippen LogP contribution in [0.2, 0.25) is 0 Å². The first kappa shape index (κ1) is 24.3. The van der Waals surface area contributed by atoms with Crippen LogP contribution in [-0.4, -0.2) is 53.0 Å². The number of rotatable bonds is 5. The third-order valence-corrected chi connectivity index (χ3v) is 6.97. The Morgan fingerprint density at radius 1 is 1.03 bits per heavy atom. The molecule has 2 N–H and O–H groups in total. The van der Waals surface area contributed by atoms with Gasteiger partial charge in [0, 0.05) is 40.8 Å². The number of likely N-dealkylation sites (tertiary alicyclic amines) is 1. The number of benzene rings is 2. The van der Waals surface area contributed by atoms with Crippen molar-refractivity contribution in [2.45, 2.75) is 51.5 Å². The number of hydrogen-bond acceptors (Lipinski definition) is 6. The topological polar surface area (TPSA) is 73.4 Å². The first-order chi connectivity index (χ1) is 17.2. The fourth-order valence-corrected chi connectivity index (χ4v) is 5.00. The molecule has 188 valence electrons. The van der Waals surface area contributed by atoms with Crippen molar-refractivity contribution < 1.29 is 4.79 Å². The third-order valence-electron chi connectivity index (χ3n) is 6.97. The highest BCUT2D eigenvalue weighted by molar-refractivity contribution is 5.95. The SMILES string of the molecule is CN1CCC(c2ccc(Nc3ncc4c(n3)N(c3cccc(C(=O)NC(C)(C)C)c3)CC4)cc2)CC1. The third kappa shape index (κ3) is 5.51. The molecule has 1 fully saturated rings. The summed E-state index contributed by atoms with van der Waals surface area (Å²) in [4.78, 5) is 26.7. The van der Waals surface area contributed by atoms with Gasteiger partial charge in [-0.1, -0.05) is 18.2 Å². The zero-order valence-electron chi connectivity index (χ0n) is 21.7. The Labute approximate surface area is 213 Å². The van der Waals surface area contributed by atoms with Crippen LogP contribution in [-0.2, 0) is 6.42 Å². The van der Waals surface area contributed by atoms with Gasteiger partial charge in [0.1, 0.15) is 5.82 Å². The van der Waals surface area contributed by atoms with E-state index in [1.807, 2.05) is 51.2 Å². The second-order valence-corrected chi connectivity index (χ2v) is 11.0. The first-order valence-corrected chi connectivity index (χ1v) is 12.9. The number of aromatic nitrogens is 2. The summed E-state index contributed by atoms with van der Waals surface area (Å²) in [5, 5.41) is 6.42. The normalized spacial score (nSPS) is 16.6. The quantitative estimate of drug-likeness (QED) is 0.515. The van der Waals surface area contributed by atoms with E-state index in [1.165, 1.54) is 18.4 Å². The Balaban J connectivity index is 1.31. The van der Waals surface area contributed by atoms with Gasteiger partial charge >= 0.3 is 0 Å². The summed E-state index contributed by atoms with van der Waals surface area (Å²) in [5.41, 5.74) is 4.83. The standard InChI is InChI=1S/C29H36N6O/c1-29(2,3)33-27(36)22-6-5-7-25(18-22)35-17-14-23-19-30-28(32-26(23)35)31-24-10-8-20(9-11-24)21-12-15-34(4)16-13-21/h5-11,18-19,21H,12-17H2,1-4H3,(H,33,36)(H,30,31,32). The molecule has 3 heterocycles. The van der Waals surface area contributed by atoms with Crippen LogP contribution in [0.1, 0.15) is 61.0 Å². The van der Waals surface area contributed by atoms with Crippen molar-refractivity contribution in [1.29, 1.82) is 0 Å². The number of carbonyl (C=O) groups is 1. The predicted octanol–water partition coefficient (Wildman–Crippen LogP) is 5.25. The molecule has 0 unspecified atom stereocenters. The van der Waals surface area contributed by atoms with Gasteiger partial charge in [0.25, 0.3) is 5.91 Å². The van der Waals surface area contributed by atoms with E-state index in [-0.39, 0.29) is 11.4 Å². The van der Waals surface area contributed by atoms with Gasteiger partial charge in [0.2, 0.25) is 5.95 Å². The van der Waals surface area contributed by atoms with Crippen molar-refractivity contribution in [3.63, 3.8) is 0 Å². The molecule has 1 aromatic heterocycles. The Kier molecular flexibility index (Phi) is 6.67. The monoisotopic (exact) mass is 484 g/mol. The smallest absolute Gasteiger partial charge is 0.251 e. The summed E-state index contributed by atoms with van der Waals surface area (Å²) in [7, 11) is 2.20. The molecule has 5 rings (SSSR count). The van der Waals surface area contributed by atoms with Gasteiger partial charge in [-0.2, -0.15) is 4.98 Å². The molecule has 7 heteroatoms. The van der Waals surface area contributed by atoms with E-state index in [4.69, 9.17) is 4.98 Å². The summed E-state index contributed by atoms with van der Waals surface area (Å²) in [5.74, 6) is 2.04. The maximum atomic E-state index is 12.7. The number of fused-ring (bicyclic) bond motifs is 1. The van der Waals surface area contributed by atoms with Crippen molar-refractivity contribution in [2.75, 3.05) is 36.9 Å². The number of nitrogens with one attached hydrogen (secondary N) is 2. The Morgan fingerprint density at radius 2 is 1.78 bits per heavy atom. The lowest BCUT2D eigenvalue weighted by molar-refractivity contribution is 0.0919. The van der Waals surface area contributed by atoms with Gasteiger partial charge in [-0.05, 0) is 102 Å². The van der Waals surface area contributed by atoms with Crippen LogP contribution >= 0.6 is 0 Å². The van der Waals surface area contributed by atoms with Crippen LogP contribution in [0, 0.1) is 0 Å². The number of piperidine rings is 1. The van der Waals surface area contributed by atoms with Gasteiger partial charge in [-0.25, -0.2) is 4.98 Å². The van der Waals surface area contributed by atoms with Crippen LogP contribution in [0.25, 0.3) is 0 Å². The molecule has 0 saturated carbocycles. The minimum Gasteiger partial charge on any atom is -0.347 e. The number of carbonyl (C=O) groups excluding carboxylic acids is 1. The van der Waals surface area contributed by atoms with Gasteiger partial charge in [0.05, 0.1) is 0 Å². The lowest BCUT2D eigenvalue weighted by Crippen LogP contribution is -2.40. The summed E-state index contributed by atoms with van der Waals surface area (Å²) >= 11 is 0. The van der Waals surface area contributed by atoms with Crippen LogP contribution < -0.4 is 15.5 Å². The van der Waals surface area contributed by atoms with Gasteiger partial charge < -0.3 is 20.4 Å². The molecule has 3 aromatic rings. The summed E-state index contributed by atoms with van der Waals surface area (Å²) in [6.45, 7) is 9.09. The lowest BCUT2D eigenvalue weighted by atomic mass is 9.89. The predicted molar refractivity (Wildman–Crippen MR) is 146 cm³/mol. The maximum absolute atomic E-state index is 12.7. The van der Waals surface area contributed by atoms with Crippen LogP contribution in [0.4, 0.5) is 23.1 Å². The van der Waals surface area contributed by atoms with Crippen LogP contribution in [0.5, 0.6) is 0 Å². The second-order valence-electron chi connectivity index (χ2n) is 11.0. The summed E-state index contributed by atoms with van der Waals surface area (Å²) < 4.78 is 0. The molecular weight excluding hydrogens is 448 g/mol. The highest BCUT2D eigenvalue weighted by Crippen LogP contribution is 2.34.